The molecule has 3 aromatic rings. The molecule has 4 nitrogen and oxygen atoms in total. The molecule has 2 aromatic carbocycles. The summed E-state index contributed by atoms with van der Waals surface area (Å²) in [6, 6.07) is 10.5. The van der Waals surface area contributed by atoms with Gasteiger partial charge in [-0.15, -0.1) is 0 Å². The number of hydrogen-bond donors (Lipinski definition) is 0. The van der Waals surface area contributed by atoms with Crippen LogP contribution in [0.2, 0.25) is 0 Å². The van der Waals surface area contributed by atoms with E-state index >= 15 is 0 Å². The number of anilines is 1. The molecular formula is C24H28N2O2S. The van der Waals surface area contributed by atoms with Gasteiger partial charge in [-0.1, -0.05) is 41.2 Å². The summed E-state index contributed by atoms with van der Waals surface area (Å²) < 4.78 is 6.97. The molecule has 0 saturated carbocycles. The van der Waals surface area contributed by atoms with Crippen molar-refractivity contribution < 1.29 is 9.53 Å². The molecule has 1 amide bonds. The van der Waals surface area contributed by atoms with Gasteiger partial charge in [0.2, 0.25) is 5.91 Å². The van der Waals surface area contributed by atoms with Crippen LogP contribution in [-0.4, -0.2) is 30.1 Å². The van der Waals surface area contributed by atoms with Gasteiger partial charge in [-0.25, -0.2) is 4.98 Å². The number of nitrogens with zero attached hydrogens (tertiary/aromatic N) is 2. The highest BCUT2D eigenvalue weighted by molar-refractivity contribution is 7.22. The number of benzene rings is 2. The monoisotopic (exact) mass is 408 g/mol. The summed E-state index contributed by atoms with van der Waals surface area (Å²) in [6.45, 7) is 9.70. The smallest absolute Gasteiger partial charge is 0.233 e. The molecule has 0 aliphatic carbocycles. The van der Waals surface area contributed by atoms with Gasteiger partial charge < -0.3 is 4.74 Å². The Kier molecular flexibility index (Phi) is 5.70. The Balaban J connectivity index is 1.68. The number of aryl methyl sites for hydroxylation is 4. The first-order valence-electron chi connectivity index (χ1n) is 10.3. The van der Waals surface area contributed by atoms with Crippen LogP contribution < -0.4 is 4.90 Å². The number of rotatable bonds is 5. The van der Waals surface area contributed by atoms with Crippen molar-refractivity contribution in [2.45, 2.75) is 53.1 Å². The summed E-state index contributed by atoms with van der Waals surface area (Å²) in [7, 11) is 0. The van der Waals surface area contributed by atoms with E-state index in [1.165, 1.54) is 16.7 Å². The van der Waals surface area contributed by atoms with Crippen molar-refractivity contribution in [1.29, 1.82) is 0 Å². The van der Waals surface area contributed by atoms with Gasteiger partial charge in [-0.3, -0.25) is 9.69 Å². The second-order valence-corrected chi connectivity index (χ2v) is 9.12. The topological polar surface area (TPSA) is 42.4 Å². The Hall–Kier alpha value is -2.24. The van der Waals surface area contributed by atoms with Gasteiger partial charge >= 0.3 is 0 Å². The Morgan fingerprint density at radius 2 is 1.93 bits per heavy atom. The van der Waals surface area contributed by atoms with Gasteiger partial charge in [-0.2, -0.15) is 0 Å². The molecule has 1 aliphatic heterocycles. The second kappa shape index (κ2) is 8.25. The molecule has 152 valence electrons. The van der Waals surface area contributed by atoms with Crippen LogP contribution in [0, 0.1) is 27.7 Å². The Bertz CT molecular complexity index is 1030. The van der Waals surface area contributed by atoms with Crippen molar-refractivity contribution in [1.82, 2.24) is 4.98 Å². The number of carbonyl (C=O) groups excluding carboxylic acids is 1. The molecular weight excluding hydrogens is 380 g/mol. The van der Waals surface area contributed by atoms with Gasteiger partial charge in [0.25, 0.3) is 0 Å². The van der Waals surface area contributed by atoms with Gasteiger partial charge in [0.05, 0.1) is 29.3 Å². The predicted octanol–water partition coefficient (Wildman–Crippen LogP) is 5.28. The zero-order valence-electron chi connectivity index (χ0n) is 17.6. The number of fused-ring (bicyclic) bond motifs is 1. The van der Waals surface area contributed by atoms with Gasteiger partial charge in [0.1, 0.15) is 0 Å². The average molecular weight is 409 g/mol. The van der Waals surface area contributed by atoms with E-state index in [-0.39, 0.29) is 12.0 Å². The summed E-state index contributed by atoms with van der Waals surface area (Å²) in [5.74, 6) is 0.0901. The van der Waals surface area contributed by atoms with Crippen LogP contribution >= 0.6 is 11.3 Å². The highest BCUT2D eigenvalue weighted by atomic mass is 32.1. The number of carbonyl (C=O) groups is 1. The van der Waals surface area contributed by atoms with Crippen LogP contribution in [0.3, 0.4) is 0 Å². The molecule has 2 heterocycles. The minimum Gasteiger partial charge on any atom is -0.376 e. The van der Waals surface area contributed by atoms with E-state index in [1.807, 2.05) is 11.0 Å². The number of ether oxygens (including phenoxy) is 1. The van der Waals surface area contributed by atoms with E-state index in [0.29, 0.717) is 13.0 Å². The summed E-state index contributed by atoms with van der Waals surface area (Å²) in [5.41, 5.74) is 6.82. The summed E-state index contributed by atoms with van der Waals surface area (Å²) in [4.78, 5) is 20.2. The van der Waals surface area contributed by atoms with Gasteiger partial charge in [0, 0.05) is 6.61 Å². The number of amides is 1. The van der Waals surface area contributed by atoms with E-state index in [4.69, 9.17) is 9.72 Å². The van der Waals surface area contributed by atoms with Crippen molar-refractivity contribution in [2.75, 3.05) is 18.1 Å². The predicted molar refractivity (Wildman–Crippen MR) is 120 cm³/mol. The van der Waals surface area contributed by atoms with Gasteiger partial charge in [-0.05, 0) is 68.9 Å². The van der Waals surface area contributed by atoms with E-state index in [1.54, 1.807) is 11.3 Å². The SMILES string of the molecule is Cc1cc(C)c(CC(=O)N(CC2CCCO2)c2nc3c(C)cccc3s2)c(C)c1. The maximum absolute atomic E-state index is 13.5. The molecule has 0 N–H and O–H groups in total. The number of para-hydroxylation sites is 1. The van der Waals surface area contributed by atoms with E-state index in [2.05, 4.69) is 52.0 Å². The molecule has 5 heteroatoms. The van der Waals surface area contributed by atoms with Crippen LogP contribution in [0.25, 0.3) is 10.2 Å². The van der Waals surface area contributed by atoms with Crippen molar-refractivity contribution in [3.8, 4) is 0 Å². The number of thiazole rings is 1. The largest absolute Gasteiger partial charge is 0.376 e. The lowest BCUT2D eigenvalue weighted by Crippen LogP contribution is -2.38. The van der Waals surface area contributed by atoms with Crippen LogP contribution in [0.15, 0.2) is 30.3 Å². The molecule has 0 radical (unpaired) electrons. The lowest BCUT2D eigenvalue weighted by atomic mass is 9.97. The third kappa shape index (κ3) is 4.21. The third-order valence-electron chi connectivity index (χ3n) is 5.72. The third-order valence-corrected chi connectivity index (χ3v) is 6.76. The summed E-state index contributed by atoms with van der Waals surface area (Å²) >= 11 is 1.59. The highest BCUT2D eigenvalue weighted by Crippen LogP contribution is 2.32. The minimum atomic E-state index is 0.0901. The molecule has 1 atom stereocenters. The van der Waals surface area contributed by atoms with Crippen LogP contribution in [0.4, 0.5) is 5.13 Å². The lowest BCUT2D eigenvalue weighted by molar-refractivity contribution is -0.118. The first kappa shape index (κ1) is 20.0. The van der Waals surface area contributed by atoms with Crippen molar-refractivity contribution in [3.05, 3.63) is 58.1 Å². The highest BCUT2D eigenvalue weighted by Gasteiger charge is 2.27. The first-order valence-corrected chi connectivity index (χ1v) is 11.1. The fourth-order valence-corrected chi connectivity index (χ4v) is 5.27. The number of aromatic nitrogens is 1. The van der Waals surface area contributed by atoms with Crippen LogP contribution in [0.1, 0.15) is 40.7 Å². The van der Waals surface area contributed by atoms with E-state index in [0.717, 1.165) is 45.9 Å². The summed E-state index contributed by atoms with van der Waals surface area (Å²) in [5, 5.41) is 0.775. The summed E-state index contributed by atoms with van der Waals surface area (Å²) in [6.07, 6.45) is 2.53. The minimum absolute atomic E-state index is 0.0901. The standard InChI is InChI=1S/C24H28N2O2S/c1-15-11-17(3)20(18(4)12-15)13-22(27)26(14-19-8-6-10-28-19)24-25-23-16(2)7-5-9-21(23)29-24/h5,7,9,11-12,19H,6,8,10,13-14H2,1-4H3. The van der Waals surface area contributed by atoms with E-state index in [9.17, 15) is 4.79 Å². The van der Waals surface area contributed by atoms with Crippen LogP contribution in [-0.2, 0) is 16.0 Å². The molecule has 0 spiro atoms. The molecule has 1 unspecified atom stereocenters. The molecule has 1 aromatic heterocycles. The maximum atomic E-state index is 13.5. The van der Waals surface area contributed by atoms with Crippen molar-refractivity contribution >= 4 is 32.6 Å². The number of hydrogen-bond acceptors (Lipinski definition) is 4. The molecule has 1 saturated heterocycles. The maximum Gasteiger partial charge on any atom is 0.233 e. The van der Waals surface area contributed by atoms with E-state index < -0.39 is 0 Å². The molecule has 1 fully saturated rings. The molecule has 0 bridgehead atoms. The fourth-order valence-electron chi connectivity index (χ4n) is 4.20. The van der Waals surface area contributed by atoms with Crippen molar-refractivity contribution in [2.24, 2.45) is 0 Å². The average Bonchev–Trinajstić information content (AvgIpc) is 3.32. The molecule has 4 rings (SSSR count). The Morgan fingerprint density at radius 1 is 1.17 bits per heavy atom. The fraction of sp³-hybridized carbons (Fsp3) is 0.417. The van der Waals surface area contributed by atoms with Gasteiger partial charge in [0.15, 0.2) is 5.13 Å². The van der Waals surface area contributed by atoms with Crippen molar-refractivity contribution in [3.63, 3.8) is 0 Å². The zero-order valence-corrected chi connectivity index (χ0v) is 18.4. The molecule has 1 aliphatic rings. The Labute approximate surface area is 176 Å². The molecule has 29 heavy (non-hydrogen) atoms. The lowest BCUT2D eigenvalue weighted by Gasteiger charge is -2.24. The second-order valence-electron chi connectivity index (χ2n) is 8.11. The quantitative estimate of drug-likeness (QED) is 0.576. The Morgan fingerprint density at radius 3 is 2.59 bits per heavy atom. The van der Waals surface area contributed by atoms with Crippen LogP contribution in [0.5, 0.6) is 0 Å². The zero-order chi connectivity index (χ0) is 20.5. The normalized spacial score (nSPS) is 16.5. The first-order chi connectivity index (χ1) is 13.9.